The molecule has 6 heteroatoms. The third-order valence-corrected chi connectivity index (χ3v) is 4.56. The van der Waals surface area contributed by atoms with Crippen molar-refractivity contribution in [3.05, 3.63) is 99.9 Å². The second kappa shape index (κ2) is 8.56. The number of benzene rings is 3. The molecule has 0 aromatic heterocycles. The van der Waals surface area contributed by atoms with Gasteiger partial charge in [-0.25, -0.2) is 14.0 Å². The minimum atomic E-state index is -1.23. The van der Waals surface area contributed by atoms with Crippen LogP contribution < -0.4 is 4.74 Å². The Balaban J connectivity index is 1.83. The lowest BCUT2D eigenvalue weighted by Gasteiger charge is -2.13. The Bertz CT molecular complexity index is 1060. The van der Waals surface area contributed by atoms with Crippen molar-refractivity contribution in [1.29, 1.82) is 0 Å². The third-order valence-electron chi connectivity index (χ3n) is 4.56. The summed E-state index contributed by atoms with van der Waals surface area (Å²) in [6.07, 6.45) is 0.156. The molecule has 0 unspecified atom stereocenters. The summed E-state index contributed by atoms with van der Waals surface area (Å²) >= 11 is 0. The fraction of sp³-hybridized carbons (Fsp3) is 0.130. The average molecular weight is 394 g/mol. The van der Waals surface area contributed by atoms with Gasteiger partial charge in [-0.1, -0.05) is 36.4 Å². The lowest BCUT2D eigenvalue weighted by molar-refractivity contribution is 0.0695. The van der Waals surface area contributed by atoms with Crippen LogP contribution in [-0.2, 0) is 13.0 Å². The second-order valence-electron chi connectivity index (χ2n) is 6.65. The summed E-state index contributed by atoms with van der Waals surface area (Å²) in [5.74, 6) is -2.87. The van der Waals surface area contributed by atoms with E-state index >= 15 is 0 Å². The Morgan fingerprint density at radius 1 is 0.931 bits per heavy atom. The van der Waals surface area contributed by atoms with Gasteiger partial charge in [0.2, 0.25) is 0 Å². The van der Waals surface area contributed by atoms with Gasteiger partial charge < -0.3 is 14.9 Å². The van der Waals surface area contributed by atoms with E-state index in [1.165, 1.54) is 18.2 Å². The zero-order valence-electron chi connectivity index (χ0n) is 15.7. The zero-order valence-corrected chi connectivity index (χ0v) is 15.7. The van der Waals surface area contributed by atoms with Gasteiger partial charge in [0.05, 0.1) is 11.1 Å². The summed E-state index contributed by atoms with van der Waals surface area (Å²) in [5.41, 5.74) is 2.23. The molecule has 0 aliphatic heterocycles. The van der Waals surface area contributed by atoms with E-state index in [1.807, 2.05) is 30.3 Å². The van der Waals surface area contributed by atoms with Gasteiger partial charge in [-0.15, -0.1) is 0 Å². The Labute approximate surface area is 167 Å². The first-order valence-corrected chi connectivity index (χ1v) is 8.90. The molecule has 3 aromatic carbocycles. The number of carbonyl (C=O) groups is 2. The molecule has 0 aliphatic rings. The van der Waals surface area contributed by atoms with Crippen LogP contribution in [0.2, 0.25) is 0 Å². The minimum absolute atomic E-state index is 0.0977. The third kappa shape index (κ3) is 4.79. The largest absolute Gasteiger partial charge is 0.486 e. The van der Waals surface area contributed by atoms with Crippen LogP contribution in [-0.4, -0.2) is 22.2 Å². The molecule has 148 valence electrons. The van der Waals surface area contributed by atoms with Crippen LogP contribution in [0.3, 0.4) is 0 Å². The number of carboxylic acids is 2. The van der Waals surface area contributed by atoms with Gasteiger partial charge in [0.25, 0.3) is 0 Å². The van der Waals surface area contributed by atoms with E-state index in [0.29, 0.717) is 16.7 Å². The zero-order chi connectivity index (χ0) is 21.0. The van der Waals surface area contributed by atoms with Gasteiger partial charge in [-0.3, -0.25) is 0 Å². The van der Waals surface area contributed by atoms with Gasteiger partial charge in [-0.2, -0.15) is 0 Å². The summed E-state index contributed by atoms with van der Waals surface area (Å²) in [5, 5.41) is 18.6. The number of ether oxygens (including phenoxy) is 1. The first kappa shape index (κ1) is 20.1. The van der Waals surface area contributed by atoms with Crippen molar-refractivity contribution in [3.8, 4) is 5.75 Å². The molecular formula is C23H19FO5. The number of hydrogen-bond acceptors (Lipinski definition) is 3. The number of aromatic carboxylic acids is 2. The maximum absolute atomic E-state index is 14.5. The molecule has 0 atom stereocenters. The summed E-state index contributed by atoms with van der Waals surface area (Å²) in [4.78, 5) is 22.8. The van der Waals surface area contributed by atoms with E-state index < -0.39 is 17.8 Å². The molecule has 3 rings (SSSR count). The van der Waals surface area contributed by atoms with Crippen molar-refractivity contribution in [2.75, 3.05) is 0 Å². The fourth-order valence-corrected chi connectivity index (χ4v) is 3.08. The second-order valence-corrected chi connectivity index (χ2v) is 6.65. The van der Waals surface area contributed by atoms with Crippen LogP contribution in [0, 0.1) is 12.7 Å². The van der Waals surface area contributed by atoms with Gasteiger partial charge >= 0.3 is 11.9 Å². The smallest absolute Gasteiger partial charge is 0.336 e. The average Bonchev–Trinajstić information content (AvgIpc) is 2.69. The van der Waals surface area contributed by atoms with Crippen LogP contribution >= 0.6 is 0 Å². The lowest BCUT2D eigenvalue weighted by atomic mass is 9.93. The number of hydrogen-bond donors (Lipinski definition) is 2. The number of rotatable bonds is 7. The lowest BCUT2D eigenvalue weighted by Crippen LogP contribution is -2.09. The van der Waals surface area contributed by atoms with Gasteiger partial charge in [0.15, 0.2) is 11.6 Å². The summed E-state index contributed by atoms with van der Waals surface area (Å²) < 4.78 is 20.0. The van der Waals surface area contributed by atoms with E-state index in [4.69, 9.17) is 9.84 Å². The maximum atomic E-state index is 14.5. The quantitative estimate of drug-likeness (QED) is 0.607. The highest BCUT2D eigenvalue weighted by Gasteiger charge is 2.18. The van der Waals surface area contributed by atoms with Crippen LogP contribution in [0.4, 0.5) is 4.39 Å². The standard InChI is InChI=1S/C23H19FO5/c1-14-9-17(22(25)26)12-19(23(27)28)18(14)10-16-7-8-21(20(24)11-16)29-13-15-5-3-2-4-6-15/h2-9,11-12H,10,13H2,1H3,(H,25,26)(H,27,28). The van der Waals surface area contributed by atoms with Crippen molar-refractivity contribution in [3.63, 3.8) is 0 Å². The fourth-order valence-electron chi connectivity index (χ4n) is 3.08. The molecule has 0 radical (unpaired) electrons. The Morgan fingerprint density at radius 3 is 2.28 bits per heavy atom. The van der Waals surface area contributed by atoms with Crippen LogP contribution in [0.15, 0.2) is 60.7 Å². The number of aryl methyl sites for hydroxylation is 1. The molecule has 3 aromatic rings. The molecule has 0 saturated heterocycles. The first-order chi connectivity index (χ1) is 13.8. The SMILES string of the molecule is Cc1cc(C(=O)O)cc(C(=O)O)c1Cc1ccc(OCc2ccccc2)c(F)c1. The van der Waals surface area contributed by atoms with E-state index in [9.17, 15) is 19.1 Å². The van der Waals surface area contributed by atoms with Crippen molar-refractivity contribution < 1.29 is 28.9 Å². The Hall–Kier alpha value is -3.67. The van der Waals surface area contributed by atoms with Crippen LogP contribution in [0.1, 0.15) is 43.0 Å². The van der Waals surface area contributed by atoms with Crippen LogP contribution in [0.25, 0.3) is 0 Å². The van der Waals surface area contributed by atoms with Crippen molar-refractivity contribution in [1.82, 2.24) is 0 Å². The Kier molecular flexibility index (Phi) is 5.93. The molecule has 0 saturated carbocycles. The first-order valence-electron chi connectivity index (χ1n) is 8.90. The van der Waals surface area contributed by atoms with Gasteiger partial charge in [0, 0.05) is 0 Å². The molecule has 0 heterocycles. The van der Waals surface area contributed by atoms with Crippen molar-refractivity contribution >= 4 is 11.9 Å². The highest BCUT2D eigenvalue weighted by Crippen LogP contribution is 2.25. The molecular weight excluding hydrogens is 375 g/mol. The van der Waals surface area contributed by atoms with E-state index in [2.05, 4.69) is 0 Å². The monoisotopic (exact) mass is 394 g/mol. The maximum Gasteiger partial charge on any atom is 0.336 e. The topological polar surface area (TPSA) is 83.8 Å². The van der Waals surface area contributed by atoms with Crippen molar-refractivity contribution in [2.24, 2.45) is 0 Å². The van der Waals surface area contributed by atoms with Gasteiger partial charge in [0.1, 0.15) is 6.61 Å². The minimum Gasteiger partial charge on any atom is -0.486 e. The number of halogens is 1. The van der Waals surface area contributed by atoms with E-state index in [1.54, 1.807) is 13.0 Å². The highest BCUT2D eigenvalue weighted by atomic mass is 19.1. The predicted molar refractivity (Wildman–Crippen MR) is 105 cm³/mol. The molecule has 0 amide bonds. The van der Waals surface area contributed by atoms with Crippen molar-refractivity contribution in [2.45, 2.75) is 20.0 Å². The summed E-state index contributed by atoms with van der Waals surface area (Å²) in [7, 11) is 0. The normalized spacial score (nSPS) is 10.6. The van der Waals surface area contributed by atoms with Gasteiger partial charge in [-0.05, 0) is 59.9 Å². The molecule has 0 aliphatic carbocycles. The van der Waals surface area contributed by atoms with E-state index in [0.717, 1.165) is 11.6 Å². The molecule has 0 spiro atoms. The summed E-state index contributed by atoms with van der Waals surface area (Å²) in [6.45, 7) is 1.87. The molecule has 0 bridgehead atoms. The predicted octanol–water partition coefficient (Wildman–Crippen LogP) is 4.70. The Morgan fingerprint density at radius 2 is 1.66 bits per heavy atom. The van der Waals surface area contributed by atoms with Crippen LogP contribution in [0.5, 0.6) is 5.75 Å². The molecule has 5 nitrogen and oxygen atoms in total. The molecule has 29 heavy (non-hydrogen) atoms. The highest BCUT2D eigenvalue weighted by molar-refractivity contribution is 5.95. The molecule has 2 N–H and O–H groups in total. The molecule has 0 fully saturated rings. The summed E-state index contributed by atoms with van der Waals surface area (Å²) in [6, 6.07) is 16.4. The number of carboxylic acid groups (broad SMARTS) is 2. The van der Waals surface area contributed by atoms with E-state index in [-0.39, 0.29) is 29.9 Å².